The average molecular weight is 313 g/mol. The summed E-state index contributed by atoms with van der Waals surface area (Å²) in [7, 11) is 0. The molecule has 0 saturated carbocycles. The molecule has 1 rings (SSSR count). The maximum absolute atomic E-state index is 8.72. The topological polar surface area (TPSA) is 44.9 Å². The molecular weight excluding hydrogens is 292 g/mol. The number of aromatic nitrogens is 2. The van der Waals surface area contributed by atoms with Gasteiger partial charge in [0.25, 0.3) is 0 Å². The van der Waals surface area contributed by atoms with E-state index in [0.717, 1.165) is 29.8 Å². The van der Waals surface area contributed by atoms with Gasteiger partial charge in [-0.2, -0.15) is 10.4 Å². The van der Waals surface area contributed by atoms with Crippen molar-refractivity contribution in [2.75, 3.05) is 6.54 Å². The lowest BCUT2D eigenvalue weighted by atomic mass is 10.2. The van der Waals surface area contributed by atoms with Crippen LogP contribution >= 0.6 is 15.9 Å². The summed E-state index contributed by atoms with van der Waals surface area (Å²) in [5, 5.41) is 13.2. The molecule has 0 aromatic carbocycles. The number of hydrogen-bond acceptors (Lipinski definition) is 3. The second kappa shape index (κ2) is 6.91. The fourth-order valence-electron chi connectivity index (χ4n) is 1.93. The zero-order valence-corrected chi connectivity index (χ0v) is 13.2. The van der Waals surface area contributed by atoms with E-state index in [-0.39, 0.29) is 0 Å². The van der Waals surface area contributed by atoms with Gasteiger partial charge in [0.2, 0.25) is 0 Å². The maximum Gasteiger partial charge on any atom is 0.0739 e. The van der Waals surface area contributed by atoms with Gasteiger partial charge >= 0.3 is 0 Å². The van der Waals surface area contributed by atoms with Crippen molar-refractivity contribution in [2.45, 2.75) is 53.2 Å². The Hall–Kier alpha value is -0.860. The fraction of sp³-hybridized carbons (Fsp3) is 0.692. The van der Waals surface area contributed by atoms with Gasteiger partial charge in [0.05, 0.1) is 21.9 Å². The Bertz CT molecular complexity index is 431. The molecule has 0 atom stereocenters. The molecule has 18 heavy (non-hydrogen) atoms. The highest BCUT2D eigenvalue weighted by Crippen LogP contribution is 2.23. The van der Waals surface area contributed by atoms with Crippen molar-refractivity contribution in [3.63, 3.8) is 0 Å². The lowest BCUT2D eigenvalue weighted by Crippen LogP contribution is -2.32. The Morgan fingerprint density at radius 2 is 2.17 bits per heavy atom. The first-order valence-electron chi connectivity index (χ1n) is 6.34. The molecule has 0 spiro atoms. The van der Waals surface area contributed by atoms with Crippen LogP contribution in [-0.4, -0.2) is 27.3 Å². The van der Waals surface area contributed by atoms with Crippen molar-refractivity contribution in [3.05, 3.63) is 15.9 Å². The van der Waals surface area contributed by atoms with Crippen molar-refractivity contribution in [1.82, 2.24) is 14.7 Å². The molecule has 0 bridgehead atoms. The molecule has 0 aliphatic rings. The monoisotopic (exact) mass is 312 g/mol. The fourth-order valence-corrected chi connectivity index (χ4v) is 2.34. The molecule has 0 saturated heterocycles. The van der Waals surface area contributed by atoms with E-state index in [0.29, 0.717) is 12.5 Å². The first-order valence-corrected chi connectivity index (χ1v) is 7.13. The third-order valence-electron chi connectivity index (χ3n) is 3.05. The van der Waals surface area contributed by atoms with Crippen LogP contribution in [0.4, 0.5) is 0 Å². The van der Waals surface area contributed by atoms with Crippen molar-refractivity contribution in [1.29, 1.82) is 5.26 Å². The number of aryl methyl sites for hydroxylation is 2. The molecule has 0 unspecified atom stereocenters. The lowest BCUT2D eigenvalue weighted by molar-refractivity contribution is 0.211. The summed E-state index contributed by atoms with van der Waals surface area (Å²) in [6.07, 6.45) is 0.565. The second-order valence-corrected chi connectivity index (χ2v) is 5.43. The van der Waals surface area contributed by atoms with E-state index in [1.54, 1.807) is 0 Å². The Labute approximate surface area is 118 Å². The van der Waals surface area contributed by atoms with Crippen LogP contribution in [0.25, 0.3) is 0 Å². The summed E-state index contributed by atoms with van der Waals surface area (Å²) in [4.78, 5) is 2.30. The van der Waals surface area contributed by atoms with E-state index < -0.39 is 0 Å². The van der Waals surface area contributed by atoms with Gasteiger partial charge in [-0.3, -0.25) is 9.58 Å². The minimum Gasteiger partial charge on any atom is -0.294 e. The second-order valence-electron chi connectivity index (χ2n) is 4.63. The molecule has 0 amide bonds. The number of halogens is 1. The first-order chi connectivity index (χ1) is 8.51. The highest BCUT2D eigenvalue weighted by atomic mass is 79.9. The van der Waals surface area contributed by atoms with Crippen LogP contribution in [0.1, 0.15) is 38.6 Å². The average Bonchev–Trinajstić information content (AvgIpc) is 2.61. The first kappa shape index (κ1) is 15.2. The summed E-state index contributed by atoms with van der Waals surface area (Å²) >= 11 is 3.61. The highest BCUT2D eigenvalue weighted by molar-refractivity contribution is 9.10. The number of hydrogen-bond donors (Lipinski definition) is 0. The lowest BCUT2D eigenvalue weighted by Gasteiger charge is -2.25. The largest absolute Gasteiger partial charge is 0.294 e. The van der Waals surface area contributed by atoms with Crippen LogP contribution < -0.4 is 0 Å². The molecule has 0 N–H and O–H groups in total. The van der Waals surface area contributed by atoms with E-state index in [1.165, 1.54) is 5.69 Å². The smallest absolute Gasteiger partial charge is 0.0739 e. The minimum absolute atomic E-state index is 0.422. The van der Waals surface area contributed by atoms with E-state index >= 15 is 0 Å². The Balaban J connectivity index is 2.89. The van der Waals surface area contributed by atoms with E-state index in [1.807, 2.05) is 11.6 Å². The van der Waals surface area contributed by atoms with E-state index in [2.05, 4.69) is 52.8 Å². The van der Waals surface area contributed by atoms with Crippen LogP contribution in [0.5, 0.6) is 0 Å². The van der Waals surface area contributed by atoms with E-state index in [4.69, 9.17) is 5.26 Å². The normalized spacial score (nSPS) is 11.2. The zero-order chi connectivity index (χ0) is 13.7. The molecule has 100 valence electrons. The molecule has 5 heteroatoms. The molecule has 1 heterocycles. The summed E-state index contributed by atoms with van der Waals surface area (Å²) < 4.78 is 3.12. The Morgan fingerprint density at radius 1 is 1.50 bits per heavy atom. The predicted octanol–water partition coefficient (Wildman–Crippen LogP) is 3.10. The summed E-state index contributed by atoms with van der Waals surface area (Å²) in [5.74, 6) is 0. The minimum atomic E-state index is 0.422. The van der Waals surface area contributed by atoms with Crippen molar-refractivity contribution < 1.29 is 0 Å². The zero-order valence-electron chi connectivity index (χ0n) is 11.6. The van der Waals surface area contributed by atoms with Gasteiger partial charge in [0.1, 0.15) is 0 Å². The third kappa shape index (κ3) is 3.56. The van der Waals surface area contributed by atoms with Crippen LogP contribution in [0, 0.1) is 18.3 Å². The van der Waals surface area contributed by atoms with Gasteiger partial charge in [0, 0.05) is 32.1 Å². The molecule has 0 aliphatic heterocycles. The Kier molecular flexibility index (Phi) is 5.83. The molecule has 0 radical (unpaired) electrons. The van der Waals surface area contributed by atoms with Gasteiger partial charge in [-0.1, -0.05) is 0 Å². The van der Waals surface area contributed by atoms with Crippen LogP contribution in [0.3, 0.4) is 0 Å². The molecular formula is C13H21BrN4. The van der Waals surface area contributed by atoms with Gasteiger partial charge in [0.15, 0.2) is 0 Å². The number of nitriles is 1. The van der Waals surface area contributed by atoms with Gasteiger partial charge in [-0.15, -0.1) is 0 Å². The van der Waals surface area contributed by atoms with Crippen LogP contribution in [0.2, 0.25) is 0 Å². The van der Waals surface area contributed by atoms with Gasteiger partial charge in [-0.05, 0) is 43.6 Å². The van der Waals surface area contributed by atoms with Gasteiger partial charge < -0.3 is 0 Å². The number of rotatable bonds is 6. The third-order valence-corrected chi connectivity index (χ3v) is 4.08. The van der Waals surface area contributed by atoms with Crippen molar-refractivity contribution in [3.8, 4) is 6.07 Å². The molecule has 1 aromatic rings. The SMILES string of the molecule is CCn1nc(C)c(Br)c1CN(CCC#N)C(C)C. The standard InChI is InChI=1S/C13H21BrN4/c1-5-18-12(13(14)11(4)16-18)9-17(10(2)3)8-6-7-15/h10H,5-6,8-9H2,1-4H3. The quantitative estimate of drug-likeness (QED) is 0.810. The molecule has 0 aliphatic carbocycles. The molecule has 0 fully saturated rings. The van der Waals surface area contributed by atoms with Crippen LogP contribution in [-0.2, 0) is 13.1 Å². The van der Waals surface area contributed by atoms with Crippen LogP contribution in [0.15, 0.2) is 4.47 Å². The van der Waals surface area contributed by atoms with Crippen molar-refractivity contribution >= 4 is 15.9 Å². The summed E-state index contributed by atoms with van der Waals surface area (Å²) in [6.45, 7) is 10.9. The maximum atomic E-state index is 8.72. The Morgan fingerprint density at radius 3 is 2.67 bits per heavy atom. The summed E-state index contributed by atoms with van der Waals surface area (Å²) in [6, 6.07) is 2.63. The molecule has 1 aromatic heterocycles. The summed E-state index contributed by atoms with van der Waals surface area (Å²) in [5.41, 5.74) is 2.22. The van der Waals surface area contributed by atoms with Gasteiger partial charge in [-0.25, -0.2) is 0 Å². The number of nitrogens with zero attached hydrogens (tertiary/aromatic N) is 4. The highest BCUT2D eigenvalue weighted by Gasteiger charge is 2.17. The van der Waals surface area contributed by atoms with E-state index in [9.17, 15) is 0 Å². The predicted molar refractivity (Wildman–Crippen MR) is 76.1 cm³/mol. The van der Waals surface area contributed by atoms with Crippen molar-refractivity contribution in [2.24, 2.45) is 0 Å². The molecule has 4 nitrogen and oxygen atoms in total.